The van der Waals surface area contributed by atoms with Gasteiger partial charge in [-0.3, -0.25) is 19.2 Å². The average molecular weight is 382 g/mol. The van der Waals surface area contributed by atoms with Gasteiger partial charge < -0.3 is 9.47 Å². The molecule has 0 bridgehead atoms. The summed E-state index contributed by atoms with van der Waals surface area (Å²) < 4.78 is 24.4. The quantitative estimate of drug-likeness (QED) is 0.589. The van der Waals surface area contributed by atoms with Crippen molar-refractivity contribution in [3.63, 3.8) is 0 Å². The molecule has 1 aromatic rings. The molecule has 1 unspecified atom stereocenters. The number of hydrogen-bond donors (Lipinski definition) is 0. The Morgan fingerprint density at radius 2 is 1.88 bits per heavy atom. The summed E-state index contributed by atoms with van der Waals surface area (Å²) >= 11 is 5.66. The largest absolute Gasteiger partial charge is 0.456 e. The smallest absolute Gasteiger partial charge is 0.308 e. The first-order chi connectivity index (χ1) is 12.1. The highest BCUT2D eigenvalue weighted by molar-refractivity contribution is 6.30. The molecule has 3 rings (SSSR count). The van der Waals surface area contributed by atoms with Gasteiger partial charge in [0, 0.05) is 25.3 Å². The van der Waals surface area contributed by atoms with Crippen LogP contribution in [0.1, 0.15) is 32.3 Å². The van der Waals surface area contributed by atoms with E-state index in [2.05, 4.69) is 0 Å². The fourth-order valence-corrected chi connectivity index (χ4v) is 2.88. The van der Waals surface area contributed by atoms with Gasteiger partial charge in [-0.15, -0.1) is 0 Å². The van der Waals surface area contributed by atoms with Gasteiger partial charge in [-0.25, -0.2) is 9.29 Å². The molecular weight excluding hydrogens is 369 g/mol. The van der Waals surface area contributed by atoms with Crippen LogP contribution in [0.25, 0.3) is 0 Å². The SMILES string of the molecule is CC(=O)OC1=C(N2C(=O)CCC2=O)OC(C)(c2ccc(Cl)c(F)c2)C1=O. The molecule has 0 N–H and O–H groups in total. The minimum Gasteiger partial charge on any atom is -0.456 e. The van der Waals surface area contributed by atoms with Gasteiger partial charge in [-0.2, -0.15) is 0 Å². The summed E-state index contributed by atoms with van der Waals surface area (Å²) in [5.74, 6) is -4.65. The van der Waals surface area contributed by atoms with Crippen LogP contribution in [0.5, 0.6) is 0 Å². The van der Waals surface area contributed by atoms with E-state index in [0.29, 0.717) is 4.90 Å². The molecule has 1 saturated heterocycles. The lowest BCUT2D eigenvalue weighted by Crippen LogP contribution is -2.34. The van der Waals surface area contributed by atoms with Crippen LogP contribution < -0.4 is 0 Å². The van der Waals surface area contributed by atoms with E-state index >= 15 is 0 Å². The number of amides is 2. The summed E-state index contributed by atoms with van der Waals surface area (Å²) in [4.78, 5) is 49.0. The van der Waals surface area contributed by atoms with Crippen molar-refractivity contribution in [1.82, 2.24) is 4.90 Å². The first-order valence-corrected chi connectivity index (χ1v) is 8.00. The van der Waals surface area contributed by atoms with Gasteiger partial charge in [0.2, 0.25) is 17.6 Å². The molecule has 136 valence electrons. The van der Waals surface area contributed by atoms with E-state index in [1.54, 1.807) is 0 Å². The van der Waals surface area contributed by atoms with Gasteiger partial charge in [0.25, 0.3) is 11.7 Å². The number of imide groups is 1. The van der Waals surface area contributed by atoms with Crippen LogP contribution in [0, 0.1) is 5.82 Å². The monoisotopic (exact) mass is 381 g/mol. The molecule has 2 heterocycles. The Morgan fingerprint density at radius 3 is 2.42 bits per heavy atom. The summed E-state index contributed by atoms with van der Waals surface area (Å²) in [5, 5.41) is -0.152. The van der Waals surface area contributed by atoms with Crippen molar-refractivity contribution >= 4 is 35.2 Å². The molecule has 1 fully saturated rings. The number of carbonyl (C=O) groups excluding carboxylic acids is 4. The number of esters is 1. The van der Waals surface area contributed by atoms with Crippen molar-refractivity contribution in [3.8, 4) is 0 Å². The number of carbonyl (C=O) groups is 4. The Bertz CT molecular complexity index is 879. The van der Waals surface area contributed by atoms with Gasteiger partial charge in [-0.1, -0.05) is 17.7 Å². The summed E-state index contributed by atoms with van der Waals surface area (Å²) in [5.41, 5.74) is -1.71. The highest BCUT2D eigenvalue weighted by atomic mass is 35.5. The summed E-state index contributed by atoms with van der Waals surface area (Å²) in [6, 6.07) is 3.61. The fraction of sp³-hybridized carbons (Fsp3) is 0.294. The van der Waals surface area contributed by atoms with Gasteiger partial charge in [-0.05, 0) is 19.1 Å². The number of hydrogen-bond acceptors (Lipinski definition) is 6. The summed E-state index contributed by atoms with van der Waals surface area (Å²) in [6.07, 6.45) is -0.112. The lowest BCUT2D eigenvalue weighted by molar-refractivity contribution is -0.144. The van der Waals surface area contributed by atoms with Crippen LogP contribution in [0.15, 0.2) is 29.8 Å². The maximum Gasteiger partial charge on any atom is 0.308 e. The molecule has 0 spiro atoms. The number of benzene rings is 1. The summed E-state index contributed by atoms with van der Waals surface area (Å²) in [7, 11) is 0. The van der Waals surface area contributed by atoms with Crippen molar-refractivity contribution in [2.45, 2.75) is 32.3 Å². The molecule has 1 atom stereocenters. The van der Waals surface area contributed by atoms with Crippen LogP contribution in [0.3, 0.4) is 0 Å². The maximum absolute atomic E-state index is 13.8. The molecular formula is C17H13ClFNO6. The first-order valence-electron chi connectivity index (χ1n) is 7.63. The second-order valence-electron chi connectivity index (χ2n) is 5.94. The van der Waals surface area contributed by atoms with E-state index < -0.39 is 46.6 Å². The zero-order valence-corrected chi connectivity index (χ0v) is 14.6. The average Bonchev–Trinajstić information content (AvgIpc) is 3.02. The Balaban J connectivity index is 2.09. The minimum absolute atomic E-state index is 0.0560. The van der Waals surface area contributed by atoms with Crippen molar-refractivity contribution < 1.29 is 33.0 Å². The second kappa shape index (κ2) is 6.21. The van der Waals surface area contributed by atoms with Crippen LogP contribution >= 0.6 is 11.6 Å². The number of likely N-dealkylation sites (tertiary alicyclic amines) is 1. The van der Waals surface area contributed by atoms with Crippen LogP contribution in [0.4, 0.5) is 4.39 Å². The van der Waals surface area contributed by atoms with Crippen molar-refractivity contribution in [2.24, 2.45) is 0 Å². The fourth-order valence-electron chi connectivity index (χ4n) is 2.77. The highest BCUT2D eigenvalue weighted by Gasteiger charge is 2.53. The molecule has 0 aromatic heterocycles. The van der Waals surface area contributed by atoms with E-state index in [1.807, 2.05) is 0 Å². The molecule has 9 heteroatoms. The number of nitrogens with zero attached hydrogens (tertiary/aromatic N) is 1. The second-order valence-corrected chi connectivity index (χ2v) is 6.35. The summed E-state index contributed by atoms with van der Waals surface area (Å²) in [6.45, 7) is 2.38. The molecule has 7 nitrogen and oxygen atoms in total. The van der Waals surface area contributed by atoms with Gasteiger partial charge in [0.05, 0.1) is 5.02 Å². The van der Waals surface area contributed by atoms with Gasteiger partial charge >= 0.3 is 5.97 Å². The van der Waals surface area contributed by atoms with Crippen LogP contribution in [0.2, 0.25) is 5.02 Å². The van der Waals surface area contributed by atoms with E-state index in [0.717, 1.165) is 13.0 Å². The predicted octanol–water partition coefficient (Wildman–Crippen LogP) is 2.17. The van der Waals surface area contributed by atoms with Crippen molar-refractivity contribution in [3.05, 3.63) is 46.2 Å². The topological polar surface area (TPSA) is 90.0 Å². The van der Waals surface area contributed by atoms with Crippen molar-refractivity contribution in [2.75, 3.05) is 0 Å². The number of ketones is 1. The highest BCUT2D eigenvalue weighted by Crippen LogP contribution is 2.42. The van der Waals surface area contributed by atoms with Crippen LogP contribution in [-0.2, 0) is 34.3 Å². The standard InChI is InChI=1S/C17H13ClFNO6/c1-8(21)25-14-15(24)17(2,9-3-4-10(18)11(19)7-9)26-16(14)20-12(22)5-6-13(20)23/h3-4,7H,5-6H2,1-2H3. The molecule has 1 aromatic carbocycles. The van der Waals surface area contributed by atoms with Gasteiger partial charge in [0.1, 0.15) is 5.82 Å². The van der Waals surface area contributed by atoms with E-state index in [9.17, 15) is 23.6 Å². The number of rotatable bonds is 3. The maximum atomic E-state index is 13.8. The molecule has 26 heavy (non-hydrogen) atoms. The third kappa shape index (κ3) is 2.76. The Hall–Kier alpha value is -2.74. The number of ether oxygens (including phenoxy) is 2. The third-order valence-corrected chi connectivity index (χ3v) is 4.41. The number of halogens is 2. The van der Waals surface area contributed by atoms with E-state index in [-0.39, 0.29) is 23.4 Å². The molecule has 0 aliphatic carbocycles. The lowest BCUT2D eigenvalue weighted by Gasteiger charge is -2.25. The molecule has 2 aliphatic rings. The van der Waals surface area contributed by atoms with E-state index in [4.69, 9.17) is 21.1 Å². The Morgan fingerprint density at radius 1 is 1.27 bits per heavy atom. The first kappa shape index (κ1) is 18.1. The zero-order valence-electron chi connectivity index (χ0n) is 13.8. The Labute approximate surface area is 152 Å². The number of Topliss-reactive ketones (excluding diaryl/α,β-unsaturated/α-hetero) is 1. The van der Waals surface area contributed by atoms with Gasteiger partial charge in [0.15, 0.2) is 5.60 Å². The van der Waals surface area contributed by atoms with Crippen LogP contribution in [-0.4, -0.2) is 28.5 Å². The molecule has 0 saturated carbocycles. The molecule has 2 amide bonds. The van der Waals surface area contributed by atoms with Crippen molar-refractivity contribution in [1.29, 1.82) is 0 Å². The van der Waals surface area contributed by atoms with E-state index in [1.165, 1.54) is 19.1 Å². The predicted molar refractivity (Wildman–Crippen MR) is 84.7 cm³/mol. The normalized spacial score (nSPS) is 22.9. The third-order valence-electron chi connectivity index (χ3n) is 4.11. The molecule has 0 radical (unpaired) electrons. The Kier molecular flexibility index (Phi) is 4.31. The minimum atomic E-state index is -1.80. The zero-order chi connectivity index (χ0) is 19.2. The lowest BCUT2D eigenvalue weighted by atomic mass is 9.91. The molecule has 2 aliphatic heterocycles.